The van der Waals surface area contributed by atoms with Crippen LogP contribution in [0.25, 0.3) is 10.9 Å². The normalized spacial score (nSPS) is 21.3. The number of nitrogens with one attached hydrogen (secondary N) is 1. The molecule has 0 amide bonds. The maximum Gasteiger partial charge on any atom is 0.252 e. The number of aromatic amines is 1. The number of ether oxygens (including phenoxy) is 2. The Kier molecular flexibility index (Phi) is 5.42. The van der Waals surface area contributed by atoms with E-state index in [2.05, 4.69) is 9.88 Å². The highest BCUT2D eigenvalue weighted by molar-refractivity contribution is 5.80. The molecule has 1 fully saturated rings. The van der Waals surface area contributed by atoms with E-state index in [9.17, 15) is 9.90 Å². The van der Waals surface area contributed by atoms with Crippen LogP contribution in [0.15, 0.2) is 29.1 Å². The van der Waals surface area contributed by atoms with Crippen molar-refractivity contribution < 1.29 is 14.6 Å². The van der Waals surface area contributed by atoms with Crippen LogP contribution in [0.1, 0.15) is 26.3 Å². The van der Waals surface area contributed by atoms with Gasteiger partial charge in [-0.3, -0.25) is 9.69 Å². The zero-order chi connectivity index (χ0) is 18.0. The Labute approximate surface area is 147 Å². The van der Waals surface area contributed by atoms with Crippen LogP contribution in [0.4, 0.5) is 0 Å². The minimum Gasteiger partial charge on any atom is -0.494 e. The van der Waals surface area contributed by atoms with Crippen LogP contribution in [0, 0.1) is 0 Å². The summed E-state index contributed by atoms with van der Waals surface area (Å²) in [4.78, 5) is 17.3. The highest BCUT2D eigenvalue weighted by Crippen LogP contribution is 2.21. The molecule has 0 saturated carbocycles. The second-order valence-corrected chi connectivity index (χ2v) is 6.79. The molecule has 136 valence electrons. The molecule has 0 aliphatic carbocycles. The third-order valence-electron chi connectivity index (χ3n) is 4.36. The van der Waals surface area contributed by atoms with Crippen LogP contribution >= 0.6 is 0 Å². The van der Waals surface area contributed by atoms with Gasteiger partial charge in [0.05, 0.1) is 24.9 Å². The Hall–Kier alpha value is -1.89. The van der Waals surface area contributed by atoms with E-state index in [-0.39, 0.29) is 17.8 Å². The first kappa shape index (κ1) is 17.9. The number of H-pyrrole nitrogens is 1. The van der Waals surface area contributed by atoms with Crippen molar-refractivity contribution in [2.45, 2.75) is 45.6 Å². The van der Waals surface area contributed by atoms with Gasteiger partial charge in [0.15, 0.2) is 0 Å². The van der Waals surface area contributed by atoms with Gasteiger partial charge in [0.2, 0.25) is 0 Å². The second-order valence-electron chi connectivity index (χ2n) is 6.79. The number of fused-ring (bicyclic) bond motifs is 1. The topological polar surface area (TPSA) is 74.8 Å². The van der Waals surface area contributed by atoms with Gasteiger partial charge in [-0.15, -0.1) is 0 Å². The number of aromatic nitrogens is 1. The minimum absolute atomic E-state index is 0.0701. The number of rotatable bonds is 6. The summed E-state index contributed by atoms with van der Waals surface area (Å²) < 4.78 is 11.3. The Morgan fingerprint density at radius 3 is 2.84 bits per heavy atom. The number of hydrogen-bond donors (Lipinski definition) is 2. The highest BCUT2D eigenvalue weighted by atomic mass is 16.5. The minimum atomic E-state index is -0.522. The van der Waals surface area contributed by atoms with Crippen molar-refractivity contribution in [3.63, 3.8) is 0 Å². The van der Waals surface area contributed by atoms with E-state index < -0.39 is 6.10 Å². The first-order valence-corrected chi connectivity index (χ1v) is 8.81. The molecule has 1 aromatic heterocycles. The largest absolute Gasteiger partial charge is 0.494 e. The summed E-state index contributed by atoms with van der Waals surface area (Å²) in [6.07, 6.45) is -0.656. The predicted molar refractivity (Wildman–Crippen MR) is 97.0 cm³/mol. The first-order valence-electron chi connectivity index (χ1n) is 8.81. The number of aliphatic hydroxyl groups excluding tert-OH is 1. The van der Waals surface area contributed by atoms with E-state index in [4.69, 9.17) is 9.47 Å². The van der Waals surface area contributed by atoms with E-state index in [1.807, 2.05) is 45.0 Å². The second kappa shape index (κ2) is 7.56. The van der Waals surface area contributed by atoms with Gasteiger partial charge in [0, 0.05) is 36.1 Å². The third-order valence-corrected chi connectivity index (χ3v) is 4.36. The Bertz CT molecular complexity index is 787. The number of hydrogen-bond acceptors (Lipinski definition) is 5. The number of nitrogens with zero attached hydrogens (tertiary/aromatic N) is 1. The molecular weight excluding hydrogens is 320 g/mol. The SMILES string of the molecule is CCOc1ccc2[nH]c(=O)c(CN3C[C@H](OC(C)C)[C@@H](O)C3)cc2c1. The predicted octanol–water partition coefficient (Wildman–Crippen LogP) is 1.90. The lowest BCUT2D eigenvalue weighted by atomic mass is 10.1. The lowest BCUT2D eigenvalue weighted by Gasteiger charge is -2.18. The number of benzene rings is 1. The van der Waals surface area contributed by atoms with Crippen LogP contribution in [-0.4, -0.2) is 53.0 Å². The molecule has 6 heteroatoms. The molecule has 25 heavy (non-hydrogen) atoms. The summed E-state index contributed by atoms with van der Waals surface area (Å²) in [5.41, 5.74) is 1.37. The fourth-order valence-corrected chi connectivity index (χ4v) is 3.29. The maximum absolute atomic E-state index is 12.4. The quantitative estimate of drug-likeness (QED) is 0.836. The zero-order valence-corrected chi connectivity index (χ0v) is 15.0. The summed E-state index contributed by atoms with van der Waals surface area (Å²) in [6.45, 7) is 8.07. The summed E-state index contributed by atoms with van der Waals surface area (Å²) in [7, 11) is 0. The molecule has 2 heterocycles. The Morgan fingerprint density at radius 2 is 2.12 bits per heavy atom. The molecule has 1 saturated heterocycles. The van der Waals surface area contributed by atoms with Crippen molar-refractivity contribution in [2.75, 3.05) is 19.7 Å². The molecule has 2 N–H and O–H groups in total. The molecule has 1 aliphatic heterocycles. The molecule has 6 nitrogen and oxygen atoms in total. The molecule has 0 unspecified atom stereocenters. The van der Waals surface area contributed by atoms with Crippen molar-refractivity contribution in [2.24, 2.45) is 0 Å². The van der Waals surface area contributed by atoms with Crippen LogP contribution in [-0.2, 0) is 11.3 Å². The third kappa shape index (κ3) is 4.21. The van der Waals surface area contributed by atoms with Gasteiger partial charge in [0.1, 0.15) is 5.75 Å². The first-order chi connectivity index (χ1) is 12.0. The average Bonchev–Trinajstić information content (AvgIpc) is 2.87. The van der Waals surface area contributed by atoms with E-state index in [0.29, 0.717) is 31.8 Å². The molecule has 1 aliphatic rings. The van der Waals surface area contributed by atoms with Crippen LogP contribution < -0.4 is 10.3 Å². The molecule has 2 aromatic rings. The summed E-state index contributed by atoms with van der Waals surface area (Å²) in [5.74, 6) is 0.787. The maximum atomic E-state index is 12.4. The standard InChI is InChI=1S/C19H26N2O4/c1-4-24-15-5-6-16-13(8-15)7-14(19(23)20-16)9-21-10-17(22)18(11-21)25-12(2)3/h5-8,12,17-18,22H,4,9-11H2,1-3H3,(H,20,23)/t17-,18-/m0/s1. The molecule has 0 radical (unpaired) electrons. The van der Waals surface area contributed by atoms with Gasteiger partial charge in [0.25, 0.3) is 5.56 Å². The van der Waals surface area contributed by atoms with Gasteiger partial charge < -0.3 is 19.6 Å². The molecule has 0 spiro atoms. The van der Waals surface area contributed by atoms with Crippen LogP contribution in [0.3, 0.4) is 0 Å². The van der Waals surface area contributed by atoms with E-state index in [1.165, 1.54) is 0 Å². The smallest absolute Gasteiger partial charge is 0.252 e. The summed E-state index contributed by atoms with van der Waals surface area (Å²) >= 11 is 0. The van der Waals surface area contributed by atoms with E-state index in [0.717, 1.165) is 16.7 Å². The zero-order valence-electron chi connectivity index (χ0n) is 15.0. The van der Waals surface area contributed by atoms with Gasteiger partial charge in [-0.25, -0.2) is 0 Å². The molecule has 3 rings (SSSR count). The van der Waals surface area contributed by atoms with Crippen LogP contribution in [0.5, 0.6) is 5.75 Å². The fourth-order valence-electron chi connectivity index (χ4n) is 3.29. The van der Waals surface area contributed by atoms with Crippen LogP contribution in [0.2, 0.25) is 0 Å². The van der Waals surface area contributed by atoms with Crippen molar-refractivity contribution in [1.82, 2.24) is 9.88 Å². The highest BCUT2D eigenvalue weighted by Gasteiger charge is 2.32. The molecule has 0 bridgehead atoms. The Morgan fingerprint density at radius 1 is 1.32 bits per heavy atom. The van der Waals surface area contributed by atoms with Crippen molar-refractivity contribution in [3.05, 3.63) is 40.2 Å². The molecule has 1 aromatic carbocycles. The van der Waals surface area contributed by atoms with Gasteiger partial charge in [-0.1, -0.05) is 0 Å². The number of β-amino-alcohol motifs (C(OH)–C–C–N with tert-alkyl or cyclic N) is 1. The van der Waals surface area contributed by atoms with E-state index in [1.54, 1.807) is 0 Å². The van der Waals surface area contributed by atoms with E-state index >= 15 is 0 Å². The number of likely N-dealkylation sites (tertiary alicyclic amines) is 1. The van der Waals surface area contributed by atoms with Gasteiger partial charge >= 0.3 is 0 Å². The molecule has 2 atom stereocenters. The average molecular weight is 346 g/mol. The van der Waals surface area contributed by atoms with Crippen molar-refractivity contribution in [3.8, 4) is 5.75 Å². The Balaban J connectivity index is 1.79. The number of aliphatic hydroxyl groups is 1. The van der Waals surface area contributed by atoms with Gasteiger partial charge in [-0.05, 0) is 45.0 Å². The summed E-state index contributed by atoms with van der Waals surface area (Å²) in [5, 5.41) is 11.1. The lowest BCUT2D eigenvalue weighted by Crippen LogP contribution is -2.29. The summed E-state index contributed by atoms with van der Waals surface area (Å²) in [6, 6.07) is 7.55. The lowest BCUT2D eigenvalue weighted by molar-refractivity contribution is -0.0396. The van der Waals surface area contributed by atoms with Crippen molar-refractivity contribution >= 4 is 10.9 Å². The molecular formula is C19H26N2O4. The monoisotopic (exact) mass is 346 g/mol. The van der Waals surface area contributed by atoms with Crippen molar-refractivity contribution in [1.29, 1.82) is 0 Å². The fraction of sp³-hybridized carbons (Fsp3) is 0.526. The number of pyridine rings is 1. The van der Waals surface area contributed by atoms with Gasteiger partial charge in [-0.2, -0.15) is 0 Å².